The van der Waals surface area contributed by atoms with E-state index < -0.39 is 31.9 Å². The van der Waals surface area contributed by atoms with Gasteiger partial charge in [-0.2, -0.15) is 4.31 Å². The van der Waals surface area contributed by atoms with E-state index in [0.29, 0.717) is 18.7 Å². The summed E-state index contributed by atoms with van der Waals surface area (Å²) in [6, 6.07) is 4.09. The van der Waals surface area contributed by atoms with E-state index in [-0.39, 0.29) is 35.3 Å². The van der Waals surface area contributed by atoms with Crippen LogP contribution in [0, 0.1) is 12.8 Å². The monoisotopic (exact) mass is 429 g/mol. The van der Waals surface area contributed by atoms with Crippen LogP contribution in [-0.2, 0) is 29.6 Å². The maximum Gasteiger partial charge on any atom is 0.244 e. The number of sulfonamides is 2. The lowest BCUT2D eigenvalue weighted by Gasteiger charge is -2.33. The molecule has 0 radical (unpaired) electrons. The van der Waals surface area contributed by atoms with Crippen molar-refractivity contribution in [2.75, 3.05) is 36.2 Å². The number of anilines is 1. The molecule has 2 heterocycles. The summed E-state index contributed by atoms with van der Waals surface area (Å²) in [5, 5.41) is 0. The summed E-state index contributed by atoms with van der Waals surface area (Å²) in [6.45, 7) is 5.60. The van der Waals surface area contributed by atoms with E-state index in [1.807, 2.05) is 0 Å². The van der Waals surface area contributed by atoms with Gasteiger partial charge in [-0.15, -0.1) is 0 Å². The molecule has 11 heteroatoms. The van der Waals surface area contributed by atoms with Crippen LogP contribution in [0.2, 0.25) is 0 Å². The summed E-state index contributed by atoms with van der Waals surface area (Å²) in [5.74, 6) is -1.50. The van der Waals surface area contributed by atoms with Crippen LogP contribution in [-0.4, -0.2) is 69.8 Å². The van der Waals surface area contributed by atoms with Gasteiger partial charge >= 0.3 is 0 Å². The molecule has 0 aromatic heterocycles. The average molecular weight is 430 g/mol. The van der Waals surface area contributed by atoms with Gasteiger partial charge in [-0.3, -0.25) is 9.59 Å². The molecule has 9 nitrogen and oxygen atoms in total. The Kier molecular flexibility index (Phi) is 5.28. The van der Waals surface area contributed by atoms with Crippen molar-refractivity contribution >= 4 is 37.5 Å². The fourth-order valence-electron chi connectivity index (χ4n) is 3.52. The number of hydrogen-bond donors (Lipinski definition) is 0. The predicted octanol–water partition coefficient (Wildman–Crippen LogP) is 0.160. The topological polar surface area (TPSA) is 112 Å². The van der Waals surface area contributed by atoms with Crippen molar-refractivity contribution in [3.05, 3.63) is 23.8 Å². The molecular formula is C17H23N3O6S2. The van der Waals surface area contributed by atoms with Crippen LogP contribution < -0.4 is 4.31 Å². The van der Waals surface area contributed by atoms with Gasteiger partial charge in [0, 0.05) is 33.1 Å². The summed E-state index contributed by atoms with van der Waals surface area (Å²) in [5.41, 5.74) is 0.501. The van der Waals surface area contributed by atoms with E-state index in [1.165, 1.54) is 29.4 Å². The van der Waals surface area contributed by atoms with Crippen LogP contribution in [0.5, 0.6) is 0 Å². The van der Waals surface area contributed by atoms with Crippen LogP contribution >= 0.6 is 0 Å². The second-order valence-corrected chi connectivity index (χ2v) is 10.9. The molecule has 154 valence electrons. The van der Waals surface area contributed by atoms with Gasteiger partial charge in [0.1, 0.15) is 0 Å². The van der Waals surface area contributed by atoms with Crippen molar-refractivity contribution in [3.63, 3.8) is 0 Å². The van der Waals surface area contributed by atoms with Gasteiger partial charge in [0.15, 0.2) is 0 Å². The lowest BCUT2D eigenvalue weighted by atomic mass is 10.2. The second-order valence-electron chi connectivity index (χ2n) is 7.14. The van der Waals surface area contributed by atoms with Crippen LogP contribution in [0.15, 0.2) is 23.1 Å². The van der Waals surface area contributed by atoms with E-state index in [1.54, 1.807) is 18.7 Å². The molecule has 1 atom stereocenters. The van der Waals surface area contributed by atoms with E-state index in [9.17, 15) is 26.4 Å². The normalized spacial score (nSPS) is 23.2. The quantitative estimate of drug-likeness (QED) is 0.677. The highest BCUT2D eigenvalue weighted by molar-refractivity contribution is 7.94. The fraction of sp³-hybridized carbons (Fsp3) is 0.529. The van der Waals surface area contributed by atoms with Crippen LogP contribution in [0.3, 0.4) is 0 Å². The van der Waals surface area contributed by atoms with Crippen molar-refractivity contribution in [2.24, 2.45) is 5.92 Å². The minimum atomic E-state index is -3.79. The summed E-state index contributed by atoms with van der Waals surface area (Å²) in [7, 11) is -7.54. The molecule has 0 N–H and O–H groups in total. The standard InChI is InChI=1S/C17H23N3O6S2/c1-12-10-15(20-17(22)13(2)11-27(20,23)24)4-5-16(12)28(25,26)19-8-6-18(7-9-19)14(3)21/h4-5,10,13H,6-9,11H2,1-3H3/t13-/m1/s1. The number of carbonyl (C=O) groups excluding carboxylic acids is 2. The van der Waals surface area contributed by atoms with Gasteiger partial charge in [0.05, 0.1) is 22.3 Å². The third-order valence-electron chi connectivity index (χ3n) is 5.06. The van der Waals surface area contributed by atoms with Crippen LogP contribution in [0.4, 0.5) is 5.69 Å². The van der Waals surface area contributed by atoms with Crippen molar-refractivity contribution in [1.82, 2.24) is 9.21 Å². The molecular weight excluding hydrogens is 406 g/mol. The van der Waals surface area contributed by atoms with E-state index in [4.69, 9.17) is 0 Å². The number of benzene rings is 1. The van der Waals surface area contributed by atoms with Crippen molar-refractivity contribution in [1.29, 1.82) is 0 Å². The first-order valence-electron chi connectivity index (χ1n) is 8.88. The Morgan fingerprint density at radius 3 is 2.21 bits per heavy atom. The molecule has 0 unspecified atom stereocenters. The predicted molar refractivity (Wildman–Crippen MR) is 103 cm³/mol. The van der Waals surface area contributed by atoms with E-state index in [0.717, 1.165) is 4.31 Å². The number of nitrogens with zero attached hydrogens (tertiary/aromatic N) is 3. The lowest BCUT2D eigenvalue weighted by molar-refractivity contribution is -0.130. The summed E-state index contributed by atoms with van der Waals surface area (Å²) in [6.07, 6.45) is 0. The summed E-state index contributed by atoms with van der Waals surface area (Å²) >= 11 is 0. The molecule has 1 aromatic rings. The zero-order valence-corrected chi connectivity index (χ0v) is 17.6. The van der Waals surface area contributed by atoms with E-state index >= 15 is 0 Å². The lowest BCUT2D eigenvalue weighted by Crippen LogP contribution is -2.50. The third-order valence-corrected chi connectivity index (χ3v) is 8.98. The van der Waals surface area contributed by atoms with Crippen molar-refractivity contribution in [3.8, 4) is 0 Å². The molecule has 0 saturated carbocycles. The Morgan fingerprint density at radius 2 is 1.75 bits per heavy atom. The number of piperazine rings is 1. The van der Waals surface area contributed by atoms with Gasteiger partial charge in [-0.1, -0.05) is 6.92 Å². The Labute approximate surface area is 165 Å². The maximum atomic E-state index is 13.0. The number of rotatable bonds is 3. The molecule has 3 rings (SSSR count). The Morgan fingerprint density at radius 1 is 1.14 bits per heavy atom. The van der Waals surface area contributed by atoms with Gasteiger partial charge < -0.3 is 4.90 Å². The number of amides is 2. The zero-order valence-electron chi connectivity index (χ0n) is 16.0. The number of aryl methyl sites for hydroxylation is 1. The third kappa shape index (κ3) is 3.53. The molecule has 0 bridgehead atoms. The Hall–Kier alpha value is -1.98. The van der Waals surface area contributed by atoms with Crippen LogP contribution in [0.1, 0.15) is 19.4 Å². The molecule has 2 saturated heterocycles. The summed E-state index contributed by atoms with van der Waals surface area (Å²) < 4.78 is 52.6. The number of hydrogen-bond acceptors (Lipinski definition) is 6. The van der Waals surface area contributed by atoms with E-state index in [2.05, 4.69) is 0 Å². The van der Waals surface area contributed by atoms with Gasteiger partial charge in [0.2, 0.25) is 31.9 Å². The highest BCUT2D eigenvalue weighted by atomic mass is 32.2. The summed E-state index contributed by atoms with van der Waals surface area (Å²) in [4.78, 5) is 25.3. The van der Waals surface area contributed by atoms with Gasteiger partial charge in [-0.05, 0) is 30.7 Å². The highest BCUT2D eigenvalue weighted by Crippen LogP contribution is 2.31. The molecule has 1 aromatic carbocycles. The first kappa shape index (κ1) is 20.7. The maximum absolute atomic E-state index is 13.0. The minimum Gasteiger partial charge on any atom is -0.340 e. The first-order chi connectivity index (χ1) is 12.9. The molecule has 2 aliphatic heterocycles. The molecule has 2 aliphatic rings. The smallest absolute Gasteiger partial charge is 0.244 e. The van der Waals surface area contributed by atoms with Gasteiger partial charge in [-0.25, -0.2) is 21.1 Å². The molecule has 0 spiro atoms. The van der Waals surface area contributed by atoms with Crippen LogP contribution in [0.25, 0.3) is 0 Å². The van der Waals surface area contributed by atoms with Crippen molar-refractivity contribution in [2.45, 2.75) is 25.7 Å². The highest BCUT2D eigenvalue weighted by Gasteiger charge is 2.42. The minimum absolute atomic E-state index is 0.0598. The Balaban J connectivity index is 1.89. The average Bonchev–Trinajstić information content (AvgIpc) is 2.81. The second kappa shape index (κ2) is 7.12. The first-order valence-corrected chi connectivity index (χ1v) is 11.9. The molecule has 2 amide bonds. The number of carbonyl (C=O) groups is 2. The van der Waals surface area contributed by atoms with Gasteiger partial charge in [0.25, 0.3) is 0 Å². The Bertz CT molecular complexity index is 1030. The zero-order chi connectivity index (χ0) is 20.9. The molecule has 28 heavy (non-hydrogen) atoms. The largest absolute Gasteiger partial charge is 0.340 e. The molecule has 0 aliphatic carbocycles. The van der Waals surface area contributed by atoms with Crippen molar-refractivity contribution < 1.29 is 26.4 Å². The fourth-order valence-corrected chi connectivity index (χ4v) is 6.96. The SMILES string of the molecule is CC(=O)N1CCN(S(=O)(=O)c2ccc(N3C(=O)[C@H](C)CS3(=O)=O)cc2C)CC1. The molecule has 2 fully saturated rings.